The van der Waals surface area contributed by atoms with Crippen LogP contribution in [-0.2, 0) is 0 Å². The van der Waals surface area contributed by atoms with Gasteiger partial charge in [0.15, 0.2) is 0 Å². The fourth-order valence-corrected chi connectivity index (χ4v) is 1.14. The van der Waals surface area contributed by atoms with Gasteiger partial charge < -0.3 is 0 Å². The van der Waals surface area contributed by atoms with Crippen LogP contribution in [0.2, 0.25) is 0 Å². The second-order valence-electron chi connectivity index (χ2n) is 2.91. The summed E-state index contributed by atoms with van der Waals surface area (Å²) in [5.74, 6) is 6.17. The van der Waals surface area contributed by atoms with E-state index >= 15 is 0 Å². The molecule has 2 rings (SSSR count). The van der Waals surface area contributed by atoms with Crippen LogP contribution in [0.5, 0.6) is 0 Å². The molecule has 2 aromatic carbocycles. The SMILES string of the molecule is C(#Cc1ccccc1)c1c[c]ccc1. The van der Waals surface area contributed by atoms with E-state index < -0.39 is 0 Å². The normalized spacial score (nSPS) is 8.86. The van der Waals surface area contributed by atoms with Gasteiger partial charge >= 0.3 is 0 Å². The summed E-state index contributed by atoms with van der Waals surface area (Å²) in [6.45, 7) is 0. The summed E-state index contributed by atoms with van der Waals surface area (Å²) in [5, 5.41) is 0. The largest absolute Gasteiger partial charge is 0.0622 e. The number of benzene rings is 2. The molecular formula is C14H9. The standard InChI is InChI=1S/C14H9/c1-3-7-13(8-4-1)11-12-14-9-5-2-6-10-14/h1-5,7-10H. The maximum atomic E-state index is 3.09. The predicted octanol–water partition coefficient (Wildman–Crippen LogP) is 2.89. The lowest BCUT2D eigenvalue weighted by Crippen LogP contribution is -1.73. The average Bonchev–Trinajstić information content (AvgIpc) is 2.29. The van der Waals surface area contributed by atoms with Gasteiger partial charge in [-0.25, -0.2) is 0 Å². The minimum atomic E-state index is 0.997. The van der Waals surface area contributed by atoms with Crippen molar-refractivity contribution in [1.29, 1.82) is 0 Å². The lowest BCUT2D eigenvalue weighted by atomic mass is 10.2. The van der Waals surface area contributed by atoms with Gasteiger partial charge in [0.1, 0.15) is 0 Å². The van der Waals surface area contributed by atoms with Gasteiger partial charge in [-0.2, -0.15) is 0 Å². The van der Waals surface area contributed by atoms with Gasteiger partial charge in [0.2, 0.25) is 0 Å². The first kappa shape index (κ1) is 8.59. The van der Waals surface area contributed by atoms with E-state index in [-0.39, 0.29) is 0 Å². The highest BCUT2D eigenvalue weighted by atomic mass is 13.9. The lowest BCUT2D eigenvalue weighted by Gasteiger charge is -1.87. The second kappa shape index (κ2) is 4.30. The van der Waals surface area contributed by atoms with E-state index in [1.807, 2.05) is 54.6 Å². The lowest BCUT2D eigenvalue weighted by molar-refractivity contribution is 1.62. The van der Waals surface area contributed by atoms with Gasteiger partial charge in [-0.1, -0.05) is 42.2 Å². The monoisotopic (exact) mass is 177 g/mol. The van der Waals surface area contributed by atoms with E-state index in [4.69, 9.17) is 0 Å². The van der Waals surface area contributed by atoms with Crippen LogP contribution in [0.15, 0.2) is 54.6 Å². The predicted molar refractivity (Wildman–Crippen MR) is 57.7 cm³/mol. The van der Waals surface area contributed by atoms with E-state index in [2.05, 4.69) is 17.9 Å². The number of hydrogen-bond donors (Lipinski definition) is 0. The van der Waals surface area contributed by atoms with Crippen LogP contribution in [0, 0.1) is 17.9 Å². The summed E-state index contributed by atoms with van der Waals surface area (Å²) < 4.78 is 0. The van der Waals surface area contributed by atoms with Crippen molar-refractivity contribution in [3.63, 3.8) is 0 Å². The van der Waals surface area contributed by atoms with E-state index in [1.54, 1.807) is 0 Å². The zero-order valence-corrected chi connectivity index (χ0v) is 7.70. The van der Waals surface area contributed by atoms with E-state index in [0.717, 1.165) is 11.1 Å². The Hall–Kier alpha value is -2.00. The van der Waals surface area contributed by atoms with Crippen molar-refractivity contribution < 1.29 is 0 Å². The van der Waals surface area contributed by atoms with Crippen molar-refractivity contribution in [2.75, 3.05) is 0 Å². The van der Waals surface area contributed by atoms with E-state index in [9.17, 15) is 0 Å². The molecule has 0 spiro atoms. The minimum Gasteiger partial charge on any atom is -0.0622 e. The highest BCUT2D eigenvalue weighted by molar-refractivity contribution is 5.41. The molecule has 0 aromatic heterocycles. The Kier molecular flexibility index (Phi) is 2.64. The Morgan fingerprint density at radius 2 is 1.50 bits per heavy atom. The second-order valence-corrected chi connectivity index (χ2v) is 2.91. The van der Waals surface area contributed by atoms with Crippen LogP contribution < -0.4 is 0 Å². The zero-order chi connectivity index (χ0) is 9.64. The third kappa shape index (κ3) is 2.24. The first-order valence-corrected chi connectivity index (χ1v) is 4.48. The molecule has 0 atom stereocenters. The molecule has 0 fully saturated rings. The fourth-order valence-electron chi connectivity index (χ4n) is 1.14. The zero-order valence-electron chi connectivity index (χ0n) is 7.70. The van der Waals surface area contributed by atoms with Gasteiger partial charge in [-0.15, -0.1) is 0 Å². The molecule has 0 heteroatoms. The summed E-state index contributed by atoms with van der Waals surface area (Å²) >= 11 is 0. The molecule has 2 aromatic rings. The van der Waals surface area contributed by atoms with E-state index in [1.165, 1.54) is 0 Å². The summed E-state index contributed by atoms with van der Waals surface area (Å²) in [4.78, 5) is 0. The molecule has 0 N–H and O–H groups in total. The Bertz CT molecular complexity index is 400. The van der Waals surface area contributed by atoms with Crippen molar-refractivity contribution >= 4 is 0 Å². The van der Waals surface area contributed by atoms with E-state index in [0.29, 0.717) is 0 Å². The molecule has 0 amide bonds. The molecule has 0 heterocycles. The summed E-state index contributed by atoms with van der Waals surface area (Å²) in [6, 6.07) is 20.6. The van der Waals surface area contributed by atoms with Gasteiger partial charge in [0.25, 0.3) is 0 Å². The topological polar surface area (TPSA) is 0 Å². The van der Waals surface area contributed by atoms with Crippen LogP contribution in [0.3, 0.4) is 0 Å². The maximum Gasteiger partial charge on any atom is 0.0255 e. The van der Waals surface area contributed by atoms with Crippen LogP contribution in [-0.4, -0.2) is 0 Å². The molecule has 0 nitrogen and oxygen atoms in total. The molecule has 1 radical (unpaired) electrons. The van der Waals surface area contributed by atoms with Crippen molar-refractivity contribution in [2.24, 2.45) is 0 Å². The Balaban J connectivity index is 2.24. The Morgan fingerprint density at radius 3 is 2.21 bits per heavy atom. The third-order valence-corrected chi connectivity index (χ3v) is 1.83. The molecule has 14 heavy (non-hydrogen) atoms. The van der Waals surface area contributed by atoms with Gasteiger partial charge in [0.05, 0.1) is 0 Å². The molecular weight excluding hydrogens is 168 g/mol. The smallest absolute Gasteiger partial charge is 0.0255 e. The quantitative estimate of drug-likeness (QED) is 0.543. The fraction of sp³-hybridized carbons (Fsp3) is 0. The highest BCUT2D eigenvalue weighted by Gasteiger charge is 1.83. The molecule has 0 aliphatic carbocycles. The van der Waals surface area contributed by atoms with Gasteiger partial charge in [-0.05, 0) is 30.3 Å². The minimum absolute atomic E-state index is 0.997. The van der Waals surface area contributed by atoms with Crippen molar-refractivity contribution in [2.45, 2.75) is 0 Å². The van der Waals surface area contributed by atoms with Crippen molar-refractivity contribution in [1.82, 2.24) is 0 Å². The van der Waals surface area contributed by atoms with Crippen molar-refractivity contribution in [3.8, 4) is 11.8 Å². The Morgan fingerprint density at radius 1 is 0.786 bits per heavy atom. The van der Waals surface area contributed by atoms with Crippen molar-refractivity contribution in [3.05, 3.63) is 71.8 Å². The summed E-state index contributed by atoms with van der Waals surface area (Å²) in [7, 11) is 0. The first-order valence-electron chi connectivity index (χ1n) is 4.48. The van der Waals surface area contributed by atoms with Crippen LogP contribution in [0.1, 0.15) is 11.1 Å². The molecule has 65 valence electrons. The van der Waals surface area contributed by atoms with Crippen LogP contribution >= 0.6 is 0 Å². The summed E-state index contributed by atoms with van der Waals surface area (Å²) in [5.41, 5.74) is 2.03. The third-order valence-electron chi connectivity index (χ3n) is 1.83. The molecule has 0 saturated heterocycles. The molecule has 0 unspecified atom stereocenters. The average molecular weight is 177 g/mol. The van der Waals surface area contributed by atoms with Crippen LogP contribution in [0.25, 0.3) is 0 Å². The molecule has 0 aliphatic heterocycles. The first-order chi connectivity index (χ1) is 6.95. The van der Waals surface area contributed by atoms with Gasteiger partial charge in [-0.3, -0.25) is 0 Å². The number of rotatable bonds is 0. The highest BCUT2D eigenvalue weighted by Crippen LogP contribution is 1.98. The summed E-state index contributed by atoms with van der Waals surface area (Å²) in [6.07, 6.45) is 0. The Labute approximate surface area is 84.2 Å². The van der Waals surface area contributed by atoms with Crippen LogP contribution in [0.4, 0.5) is 0 Å². The maximum absolute atomic E-state index is 3.09. The molecule has 0 saturated carbocycles. The number of hydrogen-bond acceptors (Lipinski definition) is 0. The molecule has 0 bridgehead atoms. The van der Waals surface area contributed by atoms with Gasteiger partial charge in [0, 0.05) is 11.1 Å². The molecule has 0 aliphatic rings.